The summed E-state index contributed by atoms with van der Waals surface area (Å²) in [5.41, 5.74) is 0.864. The fraction of sp³-hybridized carbons (Fsp3) is 0.632. The number of nitrogens with one attached hydrogen (secondary N) is 1. The van der Waals surface area contributed by atoms with Crippen LogP contribution in [0.2, 0.25) is 0 Å². The van der Waals surface area contributed by atoms with Gasteiger partial charge in [0.25, 0.3) is 5.91 Å². The number of rotatable bonds is 3. The molecule has 0 aliphatic heterocycles. The number of halogens is 1. The van der Waals surface area contributed by atoms with Crippen molar-refractivity contribution >= 4 is 5.91 Å². The van der Waals surface area contributed by atoms with E-state index in [2.05, 4.69) is 12.2 Å². The molecule has 4 fully saturated rings. The molecule has 4 aliphatic rings. The van der Waals surface area contributed by atoms with Gasteiger partial charge < -0.3 is 5.32 Å². The molecule has 118 valence electrons. The fourth-order valence-corrected chi connectivity index (χ4v) is 5.74. The molecule has 1 aromatic rings. The molecule has 4 bridgehead atoms. The third-order valence-corrected chi connectivity index (χ3v) is 6.46. The van der Waals surface area contributed by atoms with Crippen molar-refractivity contribution in [1.29, 1.82) is 0 Å². The summed E-state index contributed by atoms with van der Waals surface area (Å²) in [4.78, 5) is 12.4. The molecule has 2 nitrogen and oxygen atoms in total. The predicted octanol–water partition coefficient (Wildman–Crippen LogP) is 4.16. The van der Waals surface area contributed by atoms with Crippen molar-refractivity contribution in [2.24, 2.45) is 23.2 Å². The lowest BCUT2D eigenvalue weighted by Gasteiger charge is -2.59. The van der Waals surface area contributed by atoms with Gasteiger partial charge >= 0.3 is 0 Å². The number of hydrogen-bond acceptors (Lipinski definition) is 1. The zero-order valence-electron chi connectivity index (χ0n) is 13.1. The van der Waals surface area contributed by atoms with Crippen LogP contribution in [0.3, 0.4) is 0 Å². The van der Waals surface area contributed by atoms with Crippen LogP contribution in [0.15, 0.2) is 24.3 Å². The van der Waals surface area contributed by atoms with E-state index in [0.717, 1.165) is 17.8 Å². The van der Waals surface area contributed by atoms with E-state index in [1.54, 1.807) is 12.1 Å². The van der Waals surface area contributed by atoms with Gasteiger partial charge in [0.05, 0.1) is 0 Å². The third kappa shape index (κ3) is 2.35. The quantitative estimate of drug-likeness (QED) is 0.892. The van der Waals surface area contributed by atoms with Crippen molar-refractivity contribution in [1.82, 2.24) is 5.32 Å². The maximum Gasteiger partial charge on any atom is 0.251 e. The number of carbonyl (C=O) groups excluding carboxylic acids is 1. The highest BCUT2D eigenvalue weighted by atomic mass is 19.1. The second-order valence-electron chi connectivity index (χ2n) is 7.98. The molecule has 4 saturated carbocycles. The average molecular weight is 301 g/mol. The monoisotopic (exact) mass is 301 g/mol. The lowest BCUT2D eigenvalue weighted by Crippen LogP contribution is -2.55. The fourth-order valence-electron chi connectivity index (χ4n) is 5.74. The maximum atomic E-state index is 13.0. The first-order chi connectivity index (χ1) is 10.5. The minimum atomic E-state index is -0.300. The van der Waals surface area contributed by atoms with Crippen LogP contribution in [0, 0.1) is 29.0 Å². The van der Waals surface area contributed by atoms with Gasteiger partial charge in [-0.15, -0.1) is 0 Å². The maximum absolute atomic E-state index is 13.0. The minimum Gasteiger partial charge on any atom is -0.349 e. The van der Waals surface area contributed by atoms with E-state index in [1.165, 1.54) is 50.7 Å². The highest BCUT2D eigenvalue weighted by Crippen LogP contribution is 2.61. The molecule has 1 aromatic carbocycles. The van der Waals surface area contributed by atoms with E-state index in [0.29, 0.717) is 11.0 Å². The Morgan fingerprint density at radius 2 is 1.59 bits per heavy atom. The Bertz CT molecular complexity index is 544. The molecule has 0 saturated heterocycles. The molecule has 1 amide bonds. The van der Waals surface area contributed by atoms with E-state index >= 15 is 0 Å². The standard InChI is InChI=1S/C19H24FNO/c1-12(21-18(22)16-2-4-17(20)5-3-16)19-9-13-6-14(10-19)8-15(7-13)11-19/h2-5,12-15H,6-11H2,1H3,(H,21,22)/t12-,13?,14?,15?,19?/m0/s1. The Morgan fingerprint density at radius 3 is 2.09 bits per heavy atom. The molecule has 22 heavy (non-hydrogen) atoms. The second-order valence-corrected chi connectivity index (χ2v) is 7.98. The van der Waals surface area contributed by atoms with Gasteiger partial charge in [-0.3, -0.25) is 4.79 Å². The summed E-state index contributed by atoms with van der Waals surface area (Å²) < 4.78 is 13.0. The molecule has 4 aliphatic carbocycles. The predicted molar refractivity (Wildman–Crippen MR) is 83.9 cm³/mol. The summed E-state index contributed by atoms with van der Waals surface area (Å²) >= 11 is 0. The van der Waals surface area contributed by atoms with Gasteiger partial charge in [-0.25, -0.2) is 4.39 Å². The van der Waals surface area contributed by atoms with E-state index in [9.17, 15) is 9.18 Å². The first-order valence-electron chi connectivity index (χ1n) is 8.60. The molecule has 3 heteroatoms. The summed E-state index contributed by atoms with van der Waals surface area (Å²) in [6.07, 6.45) is 8.09. The topological polar surface area (TPSA) is 29.1 Å². The zero-order chi connectivity index (χ0) is 15.3. The van der Waals surface area contributed by atoms with Crippen molar-refractivity contribution in [3.8, 4) is 0 Å². The van der Waals surface area contributed by atoms with Crippen molar-refractivity contribution in [2.45, 2.75) is 51.5 Å². The molecule has 0 unspecified atom stereocenters. The third-order valence-electron chi connectivity index (χ3n) is 6.46. The Kier molecular flexibility index (Phi) is 3.28. The zero-order valence-corrected chi connectivity index (χ0v) is 13.1. The molecule has 5 rings (SSSR count). The van der Waals surface area contributed by atoms with Crippen molar-refractivity contribution in [2.75, 3.05) is 0 Å². The van der Waals surface area contributed by atoms with Crippen LogP contribution >= 0.6 is 0 Å². The van der Waals surface area contributed by atoms with E-state index in [4.69, 9.17) is 0 Å². The molecule has 0 heterocycles. The molecular weight excluding hydrogens is 277 g/mol. The molecule has 1 atom stereocenters. The lowest BCUT2D eigenvalue weighted by molar-refractivity contribution is -0.0688. The molecular formula is C19H24FNO. The molecule has 0 spiro atoms. The smallest absolute Gasteiger partial charge is 0.251 e. The van der Waals surface area contributed by atoms with Crippen LogP contribution < -0.4 is 5.32 Å². The van der Waals surface area contributed by atoms with E-state index < -0.39 is 0 Å². The van der Waals surface area contributed by atoms with Crippen LogP contribution in [0.25, 0.3) is 0 Å². The van der Waals surface area contributed by atoms with Gasteiger partial charge in [0, 0.05) is 11.6 Å². The summed E-state index contributed by atoms with van der Waals surface area (Å²) in [5.74, 6) is 2.29. The summed E-state index contributed by atoms with van der Waals surface area (Å²) in [6, 6.07) is 6.04. The van der Waals surface area contributed by atoms with E-state index in [1.807, 2.05) is 0 Å². The Labute approximate surface area is 131 Å². The number of carbonyl (C=O) groups is 1. The second kappa shape index (κ2) is 5.07. The number of hydrogen-bond donors (Lipinski definition) is 1. The molecule has 1 N–H and O–H groups in total. The normalized spacial score (nSPS) is 37.1. The van der Waals surface area contributed by atoms with Crippen LogP contribution in [-0.4, -0.2) is 11.9 Å². The highest BCUT2D eigenvalue weighted by Gasteiger charge is 2.53. The first-order valence-corrected chi connectivity index (χ1v) is 8.60. The van der Waals surface area contributed by atoms with Gasteiger partial charge in [0.2, 0.25) is 0 Å². The summed E-state index contributed by atoms with van der Waals surface area (Å²) in [6.45, 7) is 2.18. The van der Waals surface area contributed by atoms with Gasteiger partial charge in [0.1, 0.15) is 5.82 Å². The summed E-state index contributed by atoms with van der Waals surface area (Å²) in [5, 5.41) is 3.21. The van der Waals surface area contributed by atoms with Crippen molar-refractivity contribution < 1.29 is 9.18 Å². The van der Waals surface area contributed by atoms with Gasteiger partial charge in [-0.1, -0.05) is 0 Å². The van der Waals surface area contributed by atoms with Crippen LogP contribution in [-0.2, 0) is 0 Å². The first kappa shape index (κ1) is 14.2. The van der Waals surface area contributed by atoms with Crippen molar-refractivity contribution in [3.63, 3.8) is 0 Å². The van der Waals surface area contributed by atoms with E-state index in [-0.39, 0.29) is 17.8 Å². The van der Waals surface area contributed by atoms with Crippen molar-refractivity contribution in [3.05, 3.63) is 35.6 Å². The number of amides is 1. The van der Waals surface area contributed by atoms with Gasteiger partial charge in [0.15, 0.2) is 0 Å². The SMILES string of the molecule is C[C@H](NC(=O)c1ccc(F)cc1)C12CC3CC(CC(C3)C1)C2. The lowest BCUT2D eigenvalue weighted by atomic mass is 9.48. The largest absolute Gasteiger partial charge is 0.349 e. The molecule has 0 aromatic heterocycles. The van der Waals surface area contributed by atoms with Gasteiger partial charge in [-0.2, -0.15) is 0 Å². The minimum absolute atomic E-state index is 0.0664. The van der Waals surface area contributed by atoms with Crippen LogP contribution in [0.5, 0.6) is 0 Å². The Hall–Kier alpha value is -1.38. The Morgan fingerprint density at radius 1 is 1.09 bits per heavy atom. The Balaban J connectivity index is 1.49. The highest BCUT2D eigenvalue weighted by molar-refractivity contribution is 5.94. The van der Waals surface area contributed by atoms with Crippen LogP contribution in [0.1, 0.15) is 55.8 Å². The number of benzene rings is 1. The summed E-state index contributed by atoms with van der Waals surface area (Å²) in [7, 11) is 0. The van der Waals surface area contributed by atoms with Gasteiger partial charge in [-0.05, 0) is 92.9 Å². The molecule has 0 radical (unpaired) electrons. The average Bonchev–Trinajstić information content (AvgIpc) is 2.46. The van der Waals surface area contributed by atoms with Crippen LogP contribution in [0.4, 0.5) is 4.39 Å².